The lowest BCUT2D eigenvalue weighted by Gasteiger charge is -2.41. The number of nitrogens with zero attached hydrogens (tertiary/aromatic N) is 3. The average Bonchev–Trinajstić information content (AvgIpc) is 3.45. The highest BCUT2D eigenvalue weighted by atomic mass is 19.4. The van der Waals surface area contributed by atoms with E-state index in [2.05, 4.69) is 22.2 Å². The van der Waals surface area contributed by atoms with Crippen LogP contribution in [0.1, 0.15) is 73.0 Å². The second-order valence-corrected chi connectivity index (χ2v) is 11.2. The van der Waals surface area contributed by atoms with Crippen LogP contribution in [0.5, 0.6) is 0 Å². The number of amides is 2. The van der Waals surface area contributed by atoms with Crippen molar-refractivity contribution in [1.29, 1.82) is 0 Å². The van der Waals surface area contributed by atoms with E-state index in [-0.39, 0.29) is 24.1 Å². The van der Waals surface area contributed by atoms with Crippen molar-refractivity contribution in [3.8, 4) is 0 Å². The number of halogens is 3. The van der Waals surface area contributed by atoms with E-state index in [9.17, 15) is 27.9 Å². The van der Waals surface area contributed by atoms with E-state index in [1.54, 1.807) is 4.90 Å². The molecule has 7 nitrogen and oxygen atoms in total. The number of hydrogen-bond donors (Lipinski definition) is 2. The van der Waals surface area contributed by atoms with Crippen molar-refractivity contribution in [3.05, 3.63) is 65.5 Å². The summed E-state index contributed by atoms with van der Waals surface area (Å²) in [6, 6.07) is 10.6. The number of unbranched alkanes of at least 4 members (excludes halogenated alkanes) is 1. The van der Waals surface area contributed by atoms with Crippen molar-refractivity contribution < 1.29 is 27.9 Å². The van der Waals surface area contributed by atoms with Crippen LogP contribution in [0.4, 0.5) is 13.2 Å². The first kappa shape index (κ1) is 30.0. The maximum absolute atomic E-state index is 12.9. The highest BCUT2D eigenvalue weighted by Crippen LogP contribution is 2.35. The number of hydrogen-bond acceptors (Lipinski definition) is 5. The van der Waals surface area contributed by atoms with Crippen LogP contribution < -0.4 is 5.32 Å². The molecule has 2 aromatic rings. The number of likely N-dealkylation sites (tertiary alicyclic amines) is 1. The van der Waals surface area contributed by atoms with E-state index < -0.39 is 23.2 Å². The van der Waals surface area contributed by atoms with Crippen LogP contribution in [0.3, 0.4) is 0 Å². The molecular formula is C30H39F3N4O3. The van der Waals surface area contributed by atoms with Crippen LogP contribution in [0.15, 0.2) is 48.7 Å². The number of alkyl halides is 3. The van der Waals surface area contributed by atoms with Gasteiger partial charge in [-0.25, -0.2) is 0 Å². The van der Waals surface area contributed by atoms with Crippen LogP contribution >= 0.6 is 0 Å². The van der Waals surface area contributed by atoms with Crippen LogP contribution in [-0.4, -0.2) is 76.1 Å². The molecule has 0 radical (unpaired) electrons. The number of benzene rings is 1. The fourth-order valence-electron chi connectivity index (χ4n) is 5.91. The second-order valence-electron chi connectivity index (χ2n) is 11.2. The Kier molecular flexibility index (Phi) is 9.84. The summed E-state index contributed by atoms with van der Waals surface area (Å²) in [5.41, 5.74) is -0.565. The van der Waals surface area contributed by atoms with Gasteiger partial charge in [-0.1, -0.05) is 18.6 Å². The molecule has 1 atom stereocenters. The van der Waals surface area contributed by atoms with Crippen LogP contribution in [0.2, 0.25) is 0 Å². The minimum Gasteiger partial charge on any atom is -0.390 e. The summed E-state index contributed by atoms with van der Waals surface area (Å²) < 4.78 is 38.8. The normalized spacial score (nSPS) is 23.4. The third-order valence-electron chi connectivity index (χ3n) is 8.46. The Bertz CT molecular complexity index is 1140. The largest absolute Gasteiger partial charge is 0.416 e. The molecule has 1 saturated heterocycles. The molecule has 1 saturated carbocycles. The van der Waals surface area contributed by atoms with Crippen molar-refractivity contribution in [2.24, 2.45) is 0 Å². The number of carbonyl (C=O) groups excluding carboxylic acids is 2. The summed E-state index contributed by atoms with van der Waals surface area (Å²) in [5, 5.41) is 13.6. The molecule has 0 bridgehead atoms. The lowest BCUT2D eigenvalue weighted by molar-refractivity contribution is -0.137. The SMILES string of the molecule is CN(C1CCC(O)(CCCCc2ccccn2)CC1)[C@H]1CCN(C(=O)CNC(=O)c2cccc(C(F)(F)F)c2)C1. The molecular weight excluding hydrogens is 521 g/mol. The predicted molar refractivity (Wildman–Crippen MR) is 146 cm³/mol. The van der Waals surface area contributed by atoms with Gasteiger partial charge in [-0.05, 0) is 88.7 Å². The van der Waals surface area contributed by atoms with E-state index in [0.717, 1.165) is 75.6 Å². The van der Waals surface area contributed by atoms with E-state index in [1.165, 1.54) is 12.1 Å². The number of carbonyl (C=O) groups is 2. The number of likely N-dealkylation sites (N-methyl/N-ethyl adjacent to an activating group) is 1. The predicted octanol–water partition coefficient (Wildman–Crippen LogP) is 4.45. The zero-order valence-electron chi connectivity index (χ0n) is 23.0. The molecule has 2 aliphatic rings. The Hall–Kier alpha value is -2.98. The lowest BCUT2D eigenvalue weighted by atomic mass is 9.78. The molecule has 2 heterocycles. The number of aromatic nitrogens is 1. The first-order valence-corrected chi connectivity index (χ1v) is 14.1. The molecule has 1 aliphatic carbocycles. The van der Waals surface area contributed by atoms with Crippen molar-refractivity contribution in [1.82, 2.24) is 20.1 Å². The lowest BCUT2D eigenvalue weighted by Crippen LogP contribution is -2.47. The molecule has 2 N–H and O–H groups in total. The van der Waals surface area contributed by atoms with Gasteiger partial charge >= 0.3 is 6.18 Å². The Morgan fingerprint density at radius 1 is 1.10 bits per heavy atom. The Labute approximate surface area is 233 Å². The van der Waals surface area contributed by atoms with Gasteiger partial charge in [0.1, 0.15) is 0 Å². The number of pyridine rings is 1. The van der Waals surface area contributed by atoms with Crippen LogP contribution in [-0.2, 0) is 17.4 Å². The van der Waals surface area contributed by atoms with Gasteiger partial charge in [-0.2, -0.15) is 13.2 Å². The topological polar surface area (TPSA) is 85.8 Å². The third kappa shape index (κ3) is 8.04. The Balaban J connectivity index is 1.17. The van der Waals surface area contributed by atoms with Crippen LogP contribution in [0.25, 0.3) is 0 Å². The molecule has 218 valence electrons. The van der Waals surface area contributed by atoms with Gasteiger partial charge in [0.2, 0.25) is 5.91 Å². The minimum atomic E-state index is -4.54. The van der Waals surface area contributed by atoms with E-state index in [0.29, 0.717) is 19.1 Å². The van der Waals surface area contributed by atoms with E-state index in [1.807, 2.05) is 24.4 Å². The number of rotatable bonds is 10. The monoisotopic (exact) mass is 560 g/mol. The minimum absolute atomic E-state index is 0.132. The summed E-state index contributed by atoms with van der Waals surface area (Å²) in [5.74, 6) is -0.960. The smallest absolute Gasteiger partial charge is 0.390 e. The summed E-state index contributed by atoms with van der Waals surface area (Å²) in [6.45, 7) is 0.853. The second kappa shape index (κ2) is 13.1. The zero-order chi connectivity index (χ0) is 28.8. The quantitative estimate of drug-likeness (QED) is 0.420. The number of aryl methyl sites for hydroxylation is 1. The first-order valence-electron chi connectivity index (χ1n) is 14.1. The van der Waals surface area contributed by atoms with Gasteiger partial charge in [0, 0.05) is 42.6 Å². The molecule has 40 heavy (non-hydrogen) atoms. The van der Waals surface area contributed by atoms with Gasteiger partial charge in [-0.15, -0.1) is 0 Å². The van der Waals surface area contributed by atoms with E-state index >= 15 is 0 Å². The van der Waals surface area contributed by atoms with Crippen molar-refractivity contribution in [2.45, 2.75) is 81.6 Å². The first-order chi connectivity index (χ1) is 19.0. The summed E-state index contributed by atoms with van der Waals surface area (Å²) >= 11 is 0. The average molecular weight is 561 g/mol. The van der Waals surface area contributed by atoms with Crippen LogP contribution in [0, 0.1) is 0 Å². The highest BCUT2D eigenvalue weighted by Gasteiger charge is 2.38. The molecule has 1 aliphatic heterocycles. The fraction of sp³-hybridized carbons (Fsp3) is 0.567. The molecule has 0 unspecified atom stereocenters. The number of nitrogens with one attached hydrogen (secondary N) is 1. The molecule has 0 spiro atoms. The number of aliphatic hydroxyl groups is 1. The summed E-state index contributed by atoms with van der Waals surface area (Å²) in [4.78, 5) is 33.5. The van der Waals surface area contributed by atoms with Crippen molar-refractivity contribution in [3.63, 3.8) is 0 Å². The van der Waals surface area contributed by atoms with Gasteiger partial charge in [0.05, 0.1) is 17.7 Å². The third-order valence-corrected chi connectivity index (χ3v) is 8.46. The molecule has 2 amide bonds. The standard InChI is InChI=1S/C30H39F3N4O3/c1-36(25-11-15-29(40,16-12-25)14-4-2-9-24-10-3-5-17-34-24)26-13-18-37(21-26)27(38)20-35-28(39)22-7-6-8-23(19-22)30(31,32)33/h3,5-8,10,17,19,25-26,40H,2,4,9,11-16,18,20-21H2,1H3,(H,35,39)/t25?,26-,29?/m0/s1. The van der Waals surface area contributed by atoms with Gasteiger partial charge in [0.25, 0.3) is 5.91 Å². The Morgan fingerprint density at radius 3 is 2.58 bits per heavy atom. The maximum atomic E-state index is 12.9. The van der Waals surface area contributed by atoms with E-state index in [4.69, 9.17) is 0 Å². The van der Waals surface area contributed by atoms with Gasteiger partial charge in [-0.3, -0.25) is 19.5 Å². The molecule has 1 aromatic carbocycles. The molecule has 1 aromatic heterocycles. The van der Waals surface area contributed by atoms with Crippen molar-refractivity contribution in [2.75, 3.05) is 26.7 Å². The fourth-order valence-corrected chi connectivity index (χ4v) is 5.91. The Morgan fingerprint density at radius 2 is 1.88 bits per heavy atom. The zero-order valence-corrected chi connectivity index (χ0v) is 23.0. The van der Waals surface area contributed by atoms with Crippen molar-refractivity contribution >= 4 is 11.8 Å². The van der Waals surface area contributed by atoms with Gasteiger partial charge < -0.3 is 15.3 Å². The molecule has 10 heteroatoms. The highest BCUT2D eigenvalue weighted by molar-refractivity contribution is 5.96. The summed E-state index contributed by atoms with van der Waals surface area (Å²) in [6.07, 6.45) is 5.14. The summed E-state index contributed by atoms with van der Waals surface area (Å²) in [7, 11) is 2.08. The molecule has 4 rings (SSSR count). The van der Waals surface area contributed by atoms with Gasteiger partial charge in [0.15, 0.2) is 0 Å². The molecule has 2 fully saturated rings. The maximum Gasteiger partial charge on any atom is 0.416 e.